The molecule has 0 radical (unpaired) electrons. The Morgan fingerprint density at radius 3 is 2.64 bits per heavy atom. The third kappa shape index (κ3) is 9.91. The predicted octanol–water partition coefficient (Wildman–Crippen LogP) is 5.35. The van der Waals surface area contributed by atoms with Gasteiger partial charge in [-0.3, -0.25) is 18.2 Å². The van der Waals surface area contributed by atoms with Crippen LogP contribution in [0.15, 0.2) is 29.8 Å². The molecule has 6 N–H and O–H groups in total. The van der Waals surface area contributed by atoms with Crippen molar-refractivity contribution in [3.63, 3.8) is 0 Å². The Morgan fingerprint density at radius 1 is 1.18 bits per heavy atom. The molecule has 220 valence electrons. The molecule has 2 heterocycles. The lowest BCUT2D eigenvalue weighted by molar-refractivity contribution is 0.0825. The van der Waals surface area contributed by atoms with Crippen LogP contribution in [0, 0.1) is 5.92 Å². The van der Waals surface area contributed by atoms with Gasteiger partial charge >= 0.3 is 0 Å². The summed E-state index contributed by atoms with van der Waals surface area (Å²) in [5, 5.41) is 23.6. The number of benzene rings is 1. The van der Waals surface area contributed by atoms with E-state index in [1.54, 1.807) is 22.6 Å². The van der Waals surface area contributed by atoms with Gasteiger partial charge in [-0.05, 0) is 57.2 Å². The summed E-state index contributed by atoms with van der Waals surface area (Å²) in [4.78, 5) is 17.9. The van der Waals surface area contributed by atoms with Gasteiger partial charge in [0.25, 0.3) is 5.91 Å². The Bertz CT molecular complexity index is 1020. The number of rotatable bonds is 15. The van der Waals surface area contributed by atoms with E-state index in [2.05, 4.69) is 41.7 Å². The van der Waals surface area contributed by atoms with E-state index in [-0.39, 0.29) is 11.9 Å². The maximum atomic E-state index is 13.6. The van der Waals surface area contributed by atoms with Gasteiger partial charge in [0.2, 0.25) is 0 Å². The fourth-order valence-electron chi connectivity index (χ4n) is 4.77. The van der Waals surface area contributed by atoms with Crippen LogP contribution >= 0.6 is 22.1 Å². The normalized spacial score (nSPS) is 18.4. The lowest BCUT2D eigenvalue weighted by Crippen LogP contribution is -2.49. The van der Waals surface area contributed by atoms with Crippen LogP contribution in [0.3, 0.4) is 0 Å². The first-order valence-electron chi connectivity index (χ1n) is 14.1. The topological polar surface area (TPSA) is 130 Å². The fraction of sp³-hybridized carbons (Fsp3) is 0.643. The highest BCUT2D eigenvalue weighted by atomic mass is 32.3. The molecule has 3 rings (SSSR count). The van der Waals surface area contributed by atoms with Crippen molar-refractivity contribution in [2.75, 3.05) is 35.0 Å². The van der Waals surface area contributed by atoms with E-state index in [1.165, 1.54) is 17.8 Å². The molecule has 1 amide bonds. The van der Waals surface area contributed by atoms with Crippen molar-refractivity contribution < 1.29 is 19.0 Å². The Morgan fingerprint density at radius 2 is 1.97 bits per heavy atom. The zero-order valence-corrected chi connectivity index (χ0v) is 25.4. The van der Waals surface area contributed by atoms with Crippen LogP contribution in [0.1, 0.15) is 75.2 Å². The number of thiazole rings is 1. The van der Waals surface area contributed by atoms with E-state index in [0.29, 0.717) is 49.0 Å². The third-order valence-electron chi connectivity index (χ3n) is 6.98. The van der Waals surface area contributed by atoms with E-state index < -0.39 is 22.9 Å². The largest absolute Gasteiger partial charge is 0.390 e. The molecule has 1 fully saturated rings. The molecular formula is C28H47N5O4S2. The van der Waals surface area contributed by atoms with Gasteiger partial charge in [0.1, 0.15) is 0 Å². The van der Waals surface area contributed by atoms with Gasteiger partial charge in [0.05, 0.1) is 28.6 Å². The number of nitrogens with one attached hydrogen (secondary N) is 3. The molecule has 1 unspecified atom stereocenters. The average molecular weight is 582 g/mol. The molecule has 9 nitrogen and oxygen atoms in total. The lowest BCUT2D eigenvalue weighted by atomic mass is 10.0. The van der Waals surface area contributed by atoms with Gasteiger partial charge in [-0.1, -0.05) is 26.7 Å². The molecular weight excluding hydrogens is 534 g/mol. The van der Waals surface area contributed by atoms with Crippen LogP contribution in [0.25, 0.3) is 0 Å². The number of anilines is 2. The summed E-state index contributed by atoms with van der Waals surface area (Å²) in [5.74, 6) is 0.676. The number of amides is 1. The Kier molecular flexibility index (Phi) is 12.3. The van der Waals surface area contributed by atoms with Crippen molar-refractivity contribution in [3.05, 3.63) is 40.3 Å². The summed E-state index contributed by atoms with van der Waals surface area (Å²) in [5.41, 5.74) is 1.73. The molecule has 0 bridgehead atoms. The van der Waals surface area contributed by atoms with Crippen molar-refractivity contribution in [1.82, 2.24) is 15.6 Å². The average Bonchev–Trinajstić information content (AvgIpc) is 3.39. The zero-order chi connectivity index (χ0) is 28.4. The van der Waals surface area contributed by atoms with Gasteiger partial charge in [-0.2, -0.15) is 0 Å². The van der Waals surface area contributed by atoms with Crippen LogP contribution in [-0.4, -0.2) is 68.7 Å². The second-order valence-electron chi connectivity index (χ2n) is 10.9. The highest BCUT2D eigenvalue weighted by Crippen LogP contribution is 2.50. The third-order valence-corrected chi connectivity index (χ3v) is 9.72. The van der Waals surface area contributed by atoms with Crippen molar-refractivity contribution in [2.45, 2.75) is 84.4 Å². The number of hydrogen-bond donors (Lipinski definition) is 6. The van der Waals surface area contributed by atoms with Crippen molar-refractivity contribution >= 4 is 39.4 Å². The highest BCUT2D eigenvalue weighted by molar-refractivity contribution is 8.25. The first-order valence-corrected chi connectivity index (χ1v) is 16.7. The second kappa shape index (κ2) is 15.2. The van der Waals surface area contributed by atoms with Crippen LogP contribution in [-0.2, 0) is 6.42 Å². The van der Waals surface area contributed by atoms with E-state index in [0.717, 1.165) is 36.4 Å². The quantitative estimate of drug-likeness (QED) is 0.166. The summed E-state index contributed by atoms with van der Waals surface area (Å²) in [6.07, 6.45) is 6.29. The zero-order valence-electron chi connectivity index (χ0n) is 23.7. The van der Waals surface area contributed by atoms with Crippen molar-refractivity contribution in [2.24, 2.45) is 5.92 Å². The summed E-state index contributed by atoms with van der Waals surface area (Å²) in [6.45, 7) is 10.1. The maximum Gasteiger partial charge on any atom is 0.251 e. The smallest absolute Gasteiger partial charge is 0.251 e. The molecule has 0 saturated carbocycles. The van der Waals surface area contributed by atoms with E-state index >= 15 is 0 Å². The minimum atomic E-state index is -2.93. The Balaban J connectivity index is 1.75. The maximum absolute atomic E-state index is 13.6. The second-order valence-corrected chi connectivity index (χ2v) is 13.9. The monoisotopic (exact) mass is 581 g/mol. The number of aliphatic hydroxyl groups is 1. The molecule has 1 aliphatic rings. The van der Waals surface area contributed by atoms with Gasteiger partial charge < -0.3 is 21.1 Å². The summed E-state index contributed by atoms with van der Waals surface area (Å²) in [7, 11) is -2.93. The van der Waals surface area contributed by atoms with Crippen LogP contribution in [0.2, 0.25) is 0 Å². The Hall–Kier alpha value is -1.89. The molecule has 0 spiro atoms. The Labute approximate surface area is 239 Å². The molecule has 0 aliphatic carbocycles. The first kappa shape index (κ1) is 31.6. The van der Waals surface area contributed by atoms with Crippen LogP contribution in [0.5, 0.6) is 0 Å². The molecule has 11 heteroatoms. The SMILES string of the molecule is CCNc1cc(C(=O)N[C@@H](Cc2nccs2)[C@H](O)CNC(C)CCCC(C)C)cc(N2CCCCS2(O)O)c1. The standard InChI is InChI=1S/C28H47N5O4S2/c1-5-29-23-15-22(16-24(17-23)33-12-6-7-14-39(33,36)37)28(35)32-25(18-27-30-11-13-38-27)26(34)19-31-21(4)10-8-9-20(2)3/h11,13,15-17,20-21,25-26,29,31,34,36-37H,5-10,12,14,18-19H2,1-4H3,(H,32,35)/t21?,25-,26+/m0/s1. The number of hydrogen-bond acceptors (Lipinski definition) is 9. The number of carbonyl (C=O) groups is 1. The fourth-order valence-corrected chi connectivity index (χ4v) is 7.13. The van der Waals surface area contributed by atoms with Crippen LogP contribution in [0.4, 0.5) is 11.4 Å². The van der Waals surface area contributed by atoms with E-state index in [9.17, 15) is 19.0 Å². The first-order chi connectivity index (χ1) is 18.6. The summed E-state index contributed by atoms with van der Waals surface area (Å²) < 4.78 is 23.0. The summed E-state index contributed by atoms with van der Waals surface area (Å²) >= 11 is 1.50. The molecule has 1 aliphatic heterocycles. The molecule has 1 aromatic heterocycles. The molecule has 1 saturated heterocycles. The minimum absolute atomic E-state index is 0.262. The van der Waals surface area contributed by atoms with E-state index in [4.69, 9.17) is 0 Å². The van der Waals surface area contributed by atoms with Gasteiger partial charge in [0.15, 0.2) is 0 Å². The number of aromatic nitrogens is 1. The van der Waals surface area contributed by atoms with Gasteiger partial charge in [-0.25, -0.2) is 4.98 Å². The van der Waals surface area contributed by atoms with Crippen molar-refractivity contribution in [1.29, 1.82) is 0 Å². The highest BCUT2D eigenvalue weighted by Gasteiger charge is 2.29. The molecule has 3 atom stereocenters. The molecule has 1 aromatic carbocycles. The molecule has 2 aromatic rings. The number of nitrogens with zero attached hydrogens (tertiary/aromatic N) is 2. The minimum Gasteiger partial charge on any atom is -0.390 e. The predicted molar refractivity (Wildman–Crippen MR) is 164 cm³/mol. The van der Waals surface area contributed by atoms with Crippen LogP contribution < -0.4 is 20.3 Å². The number of aliphatic hydroxyl groups excluding tert-OH is 1. The van der Waals surface area contributed by atoms with Gasteiger partial charge in [-0.15, -0.1) is 22.1 Å². The van der Waals surface area contributed by atoms with Crippen molar-refractivity contribution in [3.8, 4) is 0 Å². The number of carbonyl (C=O) groups excluding carboxylic acids is 1. The van der Waals surface area contributed by atoms with Gasteiger partial charge in [0, 0.05) is 54.9 Å². The molecule has 39 heavy (non-hydrogen) atoms. The van der Waals surface area contributed by atoms with E-state index in [1.807, 2.05) is 18.4 Å². The summed E-state index contributed by atoms with van der Waals surface area (Å²) in [6, 6.07) is 5.04. The lowest BCUT2D eigenvalue weighted by Gasteiger charge is -2.47.